The zero-order valence-electron chi connectivity index (χ0n) is 7.28. The predicted octanol–water partition coefficient (Wildman–Crippen LogP) is 1.32. The Kier molecular flexibility index (Phi) is 3.72. The summed E-state index contributed by atoms with van der Waals surface area (Å²) in [6.07, 6.45) is 0. The third kappa shape index (κ3) is 3.04. The molecule has 0 aliphatic carbocycles. The molecule has 0 aliphatic heterocycles. The van der Waals surface area contributed by atoms with Gasteiger partial charge in [0.05, 0.1) is 11.4 Å². The molecule has 3 N–H and O–H groups in total. The average Bonchev–Trinajstić information content (AvgIpc) is 2.15. The molecule has 0 saturated carbocycles. The molecule has 0 spiro atoms. The van der Waals surface area contributed by atoms with Gasteiger partial charge < -0.3 is 15.2 Å². The fourth-order valence-electron chi connectivity index (χ4n) is 0.995. The molecule has 0 fully saturated rings. The Balaban J connectivity index is 2.69. The van der Waals surface area contributed by atoms with Crippen molar-refractivity contribution in [3.8, 4) is 0 Å². The lowest BCUT2D eigenvalue weighted by Gasteiger charge is -2.09. The SMILES string of the molecule is CNc1ccccc1NCS(=O)O. The van der Waals surface area contributed by atoms with Crippen LogP contribution < -0.4 is 10.6 Å². The van der Waals surface area contributed by atoms with Gasteiger partial charge in [0, 0.05) is 7.05 Å². The molecule has 1 atom stereocenters. The van der Waals surface area contributed by atoms with Gasteiger partial charge in [0.25, 0.3) is 0 Å². The van der Waals surface area contributed by atoms with E-state index in [0.29, 0.717) is 0 Å². The molecule has 0 amide bonds. The zero-order chi connectivity index (χ0) is 9.68. The summed E-state index contributed by atoms with van der Waals surface area (Å²) >= 11 is -1.82. The highest BCUT2D eigenvalue weighted by Crippen LogP contribution is 2.19. The van der Waals surface area contributed by atoms with Gasteiger partial charge in [-0.2, -0.15) is 0 Å². The van der Waals surface area contributed by atoms with Crippen molar-refractivity contribution in [1.82, 2.24) is 0 Å². The van der Waals surface area contributed by atoms with Crippen molar-refractivity contribution in [3.63, 3.8) is 0 Å². The smallest absolute Gasteiger partial charge is 0.172 e. The third-order valence-electron chi connectivity index (χ3n) is 1.58. The molecule has 1 aromatic rings. The van der Waals surface area contributed by atoms with Gasteiger partial charge in [-0.3, -0.25) is 0 Å². The zero-order valence-corrected chi connectivity index (χ0v) is 8.10. The Morgan fingerprint density at radius 3 is 2.54 bits per heavy atom. The molecule has 1 unspecified atom stereocenters. The first-order chi connectivity index (χ1) is 6.24. The summed E-state index contributed by atoms with van der Waals surface area (Å²) in [6.45, 7) is 0. The van der Waals surface area contributed by atoms with Gasteiger partial charge in [0.1, 0.15) is 5.88 Å². The quantitative estimate of drug-likeness (QED) is 0.641. The van der Waals surface area contributed by atoms with Crippen molar-refractivity contribution < 1.29 is 8.76 Å². The Morgan fingerprint density at radius 2 is 2.00 bits per heavy atom. The summed E-state index contributed by atoms with van der Waals surface area (Å²) in [7, 11) is 1.80. The molecular weight excluding hydrogens is 188 g/mol. The molecule has 0 aliphatic rings. The molecule has 5 heteroatoms. The maximum Gasteiger partial charge on any atom is 0.172 e. The Bertz CT molecular complexity index is 304. The van der Waals surface area contributed by atoms with Crippen LogP contribution in [0.4, 0.5) is 11.4 Å². The van der Waals surface area contributed by atoms with E-state index in [0.717, 1.165) is 11.4 Å². The molecule has 1 rings (SSSR count). The molecule has 1 aromatic carbocycles. The summed E-state index contributed by atoms with van der Waals surface area (Å²) in [4.78, 5) is 0. The van der Waals surface area contributed by atoms with E-state index in [1.807, 2.05) is 24.3 Å². The standard InChI is InChI=1S/C8H12N2O2S/c1-9-7-4-2-3-5-8(7)10-6-13(11)12/h2-5,9-10H,6H2,1H3,(H,11,12). The van der Waals surface area contributed by atoms with Crippen LogP contribution in [0.2, 0.25) is 0 Å². The summed E-state index contributed by atoms with van der Waals surface area (Å²) in [5, 5.41) is 5.83. The van der Waals surface area contributed by atoms with Crippen molar-refractivity contribution >= 4 is 22.5 Å². The van der Waals surface area contributed by atoms with E-state index in [9.17, 15) is 4.21 Å². The summed E-state index contributed by atoms with van der Waals surface area (Å²) < 4.78 is 19.0. The number of nitrogens with one attached hydrogen (secondary N) is 2. The minimum atomic E-state index is -1.82. The Labute approximate surface area is 79.6 Å². The van der Waals surface area contributed by atoms with Crippen LogP contribution in [0.25, 0.3) is 0 Å². The molecule has 0 saturated heterocycles. The summed E-state index contributed by atoms with van der Waals surface area (Å²) in [5.74, 6) is 0.0404. The fraction of sp³-hybridized carbons (Fsp3) is 0.250. The number of hydrogen-bond donors (Lipinski definition) is 3. The van der Waals surface area contributed by atoms with Gasteiger partial charge in [0.2, 0.25) is 0 Å². The first-order valence-electron chi connectivity index (χ1n) is 3.82. The van der Waals surface area contributed by atoms with E-state index in [4.69, 9.17) is 4.55 Å². The van der Waals surface area contributed by atoms with Crippen molar-refractivity contribution in [3.05, 3.63) is 24.3 Å². The Morgan fingerprint density at radius 1 is 1.38 bits per heavy atom. The highest BCUT2D eigenvalue weighted by atomic mass is 32.2. The van der Waals surface area contributed by atoms with Crippen molar-refractivity contribution in [2.24, 2.45) is 0 Å². The number of para-hydroxylation sites is 2. The summed E-state index contributed by atoms with van der Waals surface area (Å²) in [6, 6.07) is 7.50. The molecule has 13 heavy (non-hydrogen) atoms. The van der Waals surface area contributed by atoms with Gasteiger partial charge in [-0.25, -0.2) is 4.21 Å². The van der Waals surface area contributed by atoms with Crippen LogP contribution in [0.1, 0.15) is 0 Å². The minimum absolute atomic E-state index is 0.0404. The lowest BCUT2D eigenvalue weighted by molar-refractivity contribution is 0.566. The van der Waals surface area contributed by atoms with Crippen LogP contribution in [-0.2, 0) is 11.1 Å². The minimum Gasteiger partial charge on any atom is -0.386 e. The van der Waals surface area contributed by atoms with E-state index in [2.05, 4.69) is 10.6 Å². The van der Waals surface area contributed by atoms with E-state index >= 15 is 0 Å². The van der Waals surface area contributed by atoms with Gasteiger partial charge in [-0.15, -0.1) is 0 Å². The van der Waals surface area contributed by atoms with Gasteiger partial charge in [0.15, 0.2) is 11.1 Å². The lowest BCUT2D eigenvalue weighted by atomic mass is 10.3. The monoisotopic (exact) mass is 200 g/mol. The number of hydrogen-bond acceptors (Lipinski definition) is 3. The lowest BCUT2D eigenvalue weighted by Crippen LogP contribution is -2.08. The highest BCUT2D eigenvalue weighted by Gasteiger charge is 1.99. The van der Waals surface area contributed by atoms with Crippen LogP contribution >= 0.6 is 0 Å². The van der Waals surface area contributed by atoms with Gasteiger partial charge >= 0.3 is 0 Å². The molecule has 0 radical (unpaired) electrons. The van der Waals surface area contributed by atoms with E-state index < -0.39 is 11.1 Å². The Hall–Kier alpha value is -1.07. The topological polar surface area (TPSA) is 61.4 Å². The van der Waals surface area contributed by atoms with Crippen LogP contribution in [0.5, 0.6) is 0 Å². The van der Waals surface area contributed by atoms with Gasteiger partial charge in [-0.1, -0.05) is 12.1 Å². The van der Waals surface area contributed by atoms with Crippen LogP contribution in [0.3, 0.4) is 0 Å². The summed E-state index contributed by atoms with van der Waals surface area (Å²) in [5.41, 5.74) is 1.74. The molecule has 0 aromatic heterocycles. The number of anilines is 2. The normalized spacial score (nSPS) is 12.2. The highest BCUT2D eigenvalue weighted by molar-refractivity contribution is 7.79. The molecule has 72 valence electrons. The third-order valence-corrected chi connectivity index (χ3v) is 1.97. The predicted molar refractivity (Wildman–Crippen MR) is 55.2 cm³/mol. The van der Waals surface area contributed by atoms with E-state index in [1.165, 1.54) is 0 Å². The number of benzene rings is 1. The second-order valence-corrected chi connectivity index (χ2v) is 3.37. The van der Waals surface area contributed by atoms with Crippen molar-refractivity contribution in [2.45, 2.75) is 0 Å². The van der Waals surface area contributed by atoms with E-state index in [1.54, 1.807) is 7.05 Å². The largest absolute Gasteiger partial charge is 0.386 e. The maximum atomic E-state index is 10.4. The van der Waals surface area contributed by atoms with Crippen LogP contribution in [-0.4, -0.2) is 21.7 Å². The van der Waals surface area contributed by atoms with Crippen LogP contribution in [0, 0.1) is 0 Å². The second-order valence-electron chi connectivity index (χ2n) is 2.44. The fourth-order valence-corrected chi connectivity index (χ4v) is 1.27. The molecular formula is C8H12N2O2S. The molecule has 0 bridgehead atoms. The number of rotatable bonds is 4. The van der Waals surface area contributed by atoms with Gasteiger partial charge in [-0.05, 0) is 12.1 Å². The average molecular weight is 200 g/mol. The first-order valence-corrected chi connectivity index (χ1v) is 5.09. The van der Waals surface area contributed by atoms with Crippen molar-refractivity contribution in [1.29, 1.82) is 0 Å². The molecule has 4 nitrogen and oxygen atoms in total. The van der Waals surface area contributed by atoms with Crippen LogP contribution in [0.15, 0.2) is 24.3 Å². The van der Waals surface area contributed by atoms with E-state index in [-0.39, 0.29) is 5.88 Å². The molecule has 0 heterocycles. The maximum absolute atomic E-state index is 10.4. The second kappa shape index (κ2) is 4.84. The first kappa shape index (κ1) is 10.0. The van der Waals surface area contributed by atoms with Crippen molar-refractivity contribution in [2.75, 3.05) is 23.6 Å².